The van der Waals surface area contributed by atoms with Gasteiger partial charge in [-0.3, -0.25) is 4.79 Å². The molecule has 0 aliphatic carbocycles. The molecule has 0 spiro atoms. The summed E-state index contributed by atoms with van der Waals surface area (Å²) in [6.45, 7) is 1.87. The third-order valence-corrected chi connectivity index (χ3v) is 4.19. The van der Waals surface area contributed by atoms with Crippen LogP contribution in [0, 0.1) is 0 Å². The smallest absolute Gasteiger partial charge is 0.267 e. The Kier molecular flexibility index (Phi) is 3.47. The molecular formula is C21H16N2O. The van der Waals surface area contributed by atoms with E-state index in [0.29, 0.717) is 5.57 Å². The van der Waals surface area contributed by atoms with E-state index in [4.69, 9.17) is 0 Å². The maximum Gasteiger partial charge on any atom is 0.280 e. The fraction of sp³-hybridized carbons (Fsp3) is 0.0476. The van der Waals surface area contributed by atoms with Crippen LogP contribution in [-0.4, -0.2) is 11.6 Å². The minimum Gasteiger partial charge on any atom is -0.267 e. The highest BCUT2D eigenvalue weighted by Crippen LogP contribution is 2.27. The highest BCUT2D eigenvalue weighted by Gasteiger charge is 2.28. The van der Waals surface area contributed by atoms with Crippen LogP contribution in [0.2, 0.25) is 0 Å². The summed E-state index contributed by atoms with van der Waals surface area (Å²) >= 11 is 0. The van der Waals surface area contributed by atoms with E-state index < -0.39 is 0 Å². The van der Waals surface area contributed by atoms with Gasteiger partial charge in [0.2, 0.25) is 0 Å². The van der Waals surface area contributed by atoms with Crippen LogP contribution in [0.1, 0.15) is 12.5 Å². The lowest BCUT2D eigenvalue weighted by Gasteiger charge is -2.11. The van der Waals surface area contributed by atoms with Gasteiger partial charge in [-0.2, -0.15) is 10.1 Å². The number of hydrazone groups is 1. The van der Waals surface area contributed by atoms with Gasteiger partial charge in [0.15, 0.2) is 0 Å². The standard InChI is InChI=1S/C21H16N2O/c1-15-20(21(24)23(22-15)18-11-3-2-4-12-18)14-17-10-7-9-16-8-5-6-13-19(16)17/h2-14H,1H3/b20-14-. The molecule has 0 bridgehead atoms. The van der Waals surface area contributed by atoms with E-state index in [1.54, 1.807) is 0 Å². The lowest BCUT2D eigenvalue weighted by atomic mass is 10.0. The Morgan fingerprint density at radius 3 is 2.42 bits per heavy atom. The second-order valence-electron chi connectivity index (χ2n) is 5.76. The molecule has 1 aliphatic rings. The first-order chi connectivity index (χ1) is 11.7. The van der Waals surface area contributed by atoms with Gasteiger partial charge in [-0.1, -0.05) is 60.7 Å². The van der Waals surface area contributed by atoms with Crippen LogP contribution in [0.15, 0.2) is 83.5 Å². The van der Waals surface area contributed by atoms with E-state index in [0.717, 1.165) is 27.7 Å². The third-order valence-electron chi connectivity index (χ3n) is 4.19. The van der Waals surface area contributed by atoms with Crippen molar-refractivity contribution in [3.05, 3.63) is 83.9 Å². The van der Waals surface area contributed by atoms with Crippen LogP contribution >= 0.6 is 0 Å². The number of para-hydroxylation sites is 1. The van der Waals surface area contributed by atoms with Gasteiger partial charge in [0.25, 0.3) is 5.91 Å². The summed E-state index contributed by atoms with van der Waals surface area (Å²) in [6, 6.07) is 23.8. The summed E-state index contributed by atoms with van der Waals surface area (Å²) < 4.78 is 0. The Morgan fingerprint density at radius 2 is 1.58 bits per heavy atom. The van der Waals surface area contributed by atoms with Crippen molar-refractivity contribution in [2.75, 3.05) is 5.01 Å². The number of hydrogen-bond donors (Lipinski definition) is 0. The maximum atomic E-state index is 12.8. The van der Waals surface area contributed by atoms with E-state index in [2.05, 4.69) is 23.3 Å². The minimum atomic E-state index is -0.0911. The number of nitrogens with zero attached hydrogens (tertiary/aromatic N) is 2. The summed E-state index contributed by atoms with van der Waals surface area (Å²) in [7, 11) is 0. The summed E-state index contributed by atoms with van der Waals surface area (Å²) in [4.78, 5) is 12.8. The molecule has 4 rings (SSSR count). The van der Waals surface area contributed by atoms with E-state index in [9.17, 15) is 4.79 Å². The molecule has 0 N–H and O–H groups in total. The third kappa shape index (κ3) is 2.40. The van der Waals surface area contributed by atoms with E-state index >= 15 is 0 Å². The lowest BCUT2D eigenvalue weighted by molar-refractivity contribution is -0.114. The molecule has 0 atom stereocenters. The Hall–Kier alpha value is -3.20. The van der Waals surface area contributed by atoms with Gasteiger partial charge in [-0.25, -0.2) is 0 Å². The van der Waals surface area contributed by atoms with Gasteiger partial charge < -0.3 is 0 Å². The fourth-order valence-electron chi connectivity index (χ4n) is 2.96. The van der Waals surface area contributed by atoms with Crippen LogP contribution in [0.25, 0.3) is 16.8 Å². The quantitative estimate of drug-likeness (QED) is 0.634. The zero-order chi connectivity index (χ0) is 16.5. The average molecular weight is 312 g/mol. The molecule has 1 heterocycles. The van der Waals surface area contributed by atoms with Crippen molar-refractivity contribution in [2.45, 2.75) is 6.92 Å². The Morgan fingerprint density at radius 1 is 0.875 bits per heavy atom. The monoisotopic (exact) mass is 312 g/mol. The van der Waals surface area contributed by atoms with E-state index in [1.165, 1.54) is 5.01 Å². The van der Waals surface area contributed by atoms with Gasteiger partial charge in [-0.15, -0.1) is 0 Å². The first-order valence-corrected chi connectivity index (χ1v) is 7.88. The van der Waals surface area contributed by atoms with Gasteiger partial charge in [-0.05, 0) is 41.5 Å². The second kappa shape index (κ2) is 5.78. The zero-order valence-corrected chi connectivity index (χ0v) is 13.3. The topological polar surface area (TPSA) is 32.7 Å². The Balaban J connectivity index is 1.78. The van der Waals surface area contributed by atoms with E-state index in [1.807, 2.05) is 67.6 Å². The van der Waals surface area contributed by atoms with Crippen molar-refractivity contribution >= 4 is 34.2 Å². The first kappa shape index (κ1) is 14.4. The van der Waals surface area contributed by atoms with Crippen molar-refractivity contribution in [1.29, 1.82) is 0 Å². The molecule has 0 saturated heterocycles. The Bertz CT molecular complexity index is 982. The molecular weight excluding hydrogens is 296 g/mol. The molecule has 1 amide bonds. The van der Waals surface area contributed by atoms with Crippen molar-refractivity contribution in [3.63, 3.8) is 0 Å². The van der Waals surface area contributed by atoms with Crippen molar-refractivity contribution in [3.8, 4) is 0 Å². The molecule has 24 heavy (non-hydrogen) atoms. The predicted molar refractivity (Wildman–Crippen MR) is 99.0 cm³/mol. The van der Waals surface area contributed by atoms with Crippen molar-refractivity contribution in [2.24, 2.45) is 5.10 Å². The Labute approximate surface area is 140 Å². The van der Waals surface area contributed by atoms with Crippen LogP contribution in [-0.2, 0) is 4.79 Å². The minimum absolute atomic E-state index is 0.0911. The number of fused-ring (bicyclic) bond motifs is 1. The fourth-order valence-corrected chi connectivity index (χ4v) is 2.96. The maximum absolute atomic E-state index is 12.8. The number of carbonyl (C=O) groups is 1. The number of benzene rings is 3. The van der Waals surface area contributed by atoms with Gasteiger partial charge in [0.1, 0.15) is 0 Å². The molecule has 0 aromatic heterocycles. The number of rotatable bonds is 2. The summed E-state index contributed by atoms with van der Waals surface area (Å²) in [5.74, 6) is -0.0911. The number of anilines is 1. The molecule has 0 radical (unpaired) electrons. The number of carbonyl (C=O) groups excluding carboxylic acids is 1. The van der Waals surface area contributed by atoms with Crippen LogP contribution in [0.3, 0.4) is 0 Å². The van der Waals surface area contributed by atoms with Crippen LogP contribution in [0.5, 0.6) is 0 Å². The zero-order valence-electron chi connectivity index (χ0n) is 13.3. The molecule has 3 aromatic carbocycles. The number of amides is 1. The molecule has 3 aromatic rings. The first-order valence-electron chi connectivity index (χ1n) is 7.88. The van der Waals surface area contributed by atoms with Crippen LogP contribution < -0.4 is 5.01 Å². The molecule has 0 saturated carbocycles. The van der Waals surface area contributed by atoms with Gasteiger partial charge >= 0.3 is 0 Å². The molecule has 0 unspecified atom stereocenters. The normalized spacial score (nSPS) is 16.0. The second-order valence-corrected chi connectivity index (χ2v) is 5.76. The van der Waals surface area contributed by atoms with Crippen molar-refractivity contribution in [1.82, 2.24) is 0 Å². The highest BCUT2D eigenvalue weighted by atomic mass is 16.2. The molecule has 3 heteroatoms. The van der Waals surface area contributed by atoms with Crippen LogP contribution in [0.4, 0.5) is 5.69 Å². The molecule has 3 nitrogen and oxygen atoms in total. The van der Waals surface area contributed by atoms with Gasteiger partial charge in [0, 0.05) is 0 Å². The van der Waals surface area contributed by atoms with Gasteiger partial charge in [0.05, 0.1) is 17.0 Å². The molecule has 116 valence electrons. The summed E-state index contributed by atoms with van der Waals surface area (Å²) in [6.07, 6.45) is 1.94. The molecule has 1 aliphatic heterocycles. The number of hydrogen-bond acceptors (Lipinski definition) is 2. The highest BCUT2D eigenvalue weighted by molar-refractivity contribution is 6.32. The predicted octanol–water partition coefficient (Wildman–Crippen LogP) is 4.65. The lowest BCUT2D eigenvalue weighted by Crippen LogP contribution is -2.21. The SMILES string of the molecule is CC1=NN(c2ccccc2)C(=O)/C1=C\c1cccc2ccccc12. The van der Waals surface area contributed by atoms with E-state index in [-0.39, 0.29) is 5.91 Å². The summed E-state index contributed by atoms with van der Waals surface area (Å²) in [5.41, 5.74) is 3.18. The average Bonchev–Trinajstić information content (AvgIpc) is 2.91. The molecule has 0 fully saturated rings. The largest absolute Gasteiger partial charge is 0.280 e. The summed E-state index contributed by atoms with van der Waals surface area (Å²) in [5, 5.41) is 8.18. The van der Waals surface area contributed by atoms with Crippen molar-refractivity contribution < 1.29 is 4.79 Å².